The number of amides is 2. The summed E-state index contributed by atoms with van der Waals surface area (Å²) >= 11 is 0. The molecule has 0 saturated heterocycles. The molecule has 0 aromatic heterocycles. The lowest BCUT2D eigenvalue weighted by Crippen LogP contribution is -2.36. The van der Waals surface area contributed by atoms with Crippen LogP contribution in [-0.2, 0) is 17.5 Å². The summed E-state index contributed by atoms with van der Waals surface area (Å²) in [6.07, 6.45) is -4.65. The number of hydrogen-bond acceptors (Lipinski definition) is 2. The Morgan fingerprint density at radius 2 is 1.86 bits per heavy atom. The number of carboxylic acid groups (broad SMARTS) is 1. The lowest BCUT2D eigenvalue weighted by molar-refractivity contribution is -0.138. The van der Waals surface area contributed by atoms with E-state index in [9.17, 15) is 27.2 Å². The second-order valence-corrected chi connectivity index (χ2v) is 4.41. The van der Waals surface area contributed by atoms with Gasteiger partial charge in [0.15, 0.2) is 0 Å². The third-order valence-electron chi connectivity index (χ3n) is 2.67. The van der Waals surface area contributed by atoms with Gasteiger partial charge in [0, 0.05) is 19.5 Å². The zero-order valence-corrected chi connectivity index (χ0v) is 11.3. The predicted molar refractivity (Wildman–Crippen MR) is 68.5 cm³/mol. The maximum atomic E-state index is 12.9. The van der Waals surface area contributed by atoms with E-state index in [0.717, 1.165) is 12.1 Å². The lowest BCUT2D eigenvalue weighted by atomic mass is 10.1. The molecule has 22 heavy (non-hydrogen) atoms. The summed E-state index contributed by atoms with van der Waals surface area (Å²) < 4.78 is 51.1. The fraction of sp³-hybridized carbons (Fsp3) is 0.385. The van der Waals surface area contributed by atoms with E-state index in [1.807, 2.05) is 0 Å². The van der Waals surface area contributed by atoms with Gasteiger partial charge in [0.2, 0.25) is 0 Å². The van der Waals surface area contributed by atoms with E-state index in [4.69, 9.17) is 5.11 Å². The molecule has 0 aliphatic rings. The molecule has 0 unspecified atom stereocenters. The number of alkyl halides is 3. The summed E-state index contributed by atoms with van der Waals surface area (Å²) in [5, 5.41) is 12.9. The van der Waals surface area contributed by atoms with E-state index in [2.05, 4.69) is 10.6 Å². The molecule has 0 aliphatic carbocycles. The van der Waals surface area contributed by atoms with Gasteiger partial charge in [0.1, 0.15) is 5.82 Å². The van der Waals surface area contributed by atoms with E-state index < -0.39 is 36.1 Å². The zero-order chi connectivity index (χ0) is 16.8. The summed E-state index contributed by atoms with van der Waals surface area (Å²) in [6, 6.07) is 1.45. The molecule has 2 amide bonds. The van der Waals surface area contributed by atoms with Crippen molar-refractivity contribution in [1.29, 1.82) is 0 Å². The topological polar surface area (TPSA) is 78.4 Å². The van der Waals surface area contributed by atoms with Crippen LogP contribution >= 0.6 is 0 Å². The van der Waals surface area contributed by atoms with Crippen molar-refractivity contribution >= 4 is 12.0 Å². The van der Waals surface area contributed by atoms with Gasteiger partial charge in [0.25, 0.3) is 0 Å². The zero-order valence-electron chi connectivity index (χ0n) is 11.3. The molecule has 0 aliphatic heterocycles. The van der Waals surface area contributed by atoms with E-state index >= 15 is 0 Å². The van der Waals surface area contributed by atoms with Crippen molar-refractivity contribution in [3.8, 4) is 0 Å². The molecule has 122 valence electrons. The van der Waals surface area contributed by atoms with Gasteiger partial charge in [-0.2, -0.15) is 13.2 Å². The number of urea groups is 1. The molecule has 1 rings (SSSR count). The first-order valence-corrected chi connectivity index (χ1v) is 6.29. The molecule has 0 heterocycles. The van der Waals surface area contributed by atoms with E-state index in [1.54, 1.807) is 0 Å². The van der Waals surface area contributed by atoms with Crippen LogP contribution in [0.15, 0.2) is 18.2 Å². The molecule has 1 aromatic carbocycles. The fourth-order valence-electron chi connectivity index (χ4n) is 1.65. The minimum absolute atomic E-state index is 0.0771. The minimum atomic E-state index is -4.73. The number of carboxylic acids is 1. The Hall–Kier alpha value is -2.32. The average molecular weight is 322 g/mol. The van der Waals surface area contributed by atoms with Gasteiger partial charge in [-0.1, -0.05) is 6.07 Å². The lowest BCUT2D eigenvalue weighted by Gasteiger charge is -2.14. The number of hydrogen-bond donors (Lipinski definition) is 3. The number of carbonyl (C=O) groups is 2. The van der Waals surface area contributed by atoms with Crippen LogP contribution in [0.5, 0.6) is 0 Å². The molecule has 5 nitrogen and oxygen atoms in total. The maximum Gasteiger partial charge on any atom is 0.416 e. The van der Waals surface area contributed by atoms with Gasteiger partial charge in [-0.3, -0.25) is 4.79 Å². The van der Waals surface area contributed by atoms with Crippen molar-refractivity contribution < 1.29 is 32.3 Å². The predicted octanol–water partition coefficient (Wildman–Crippen LogP) is 2.51. The molecule has 0 radical (unpaired) electrons. The number of rotatable bonds is 6. The smallest absolute Gasteiger partial charge is 0.416 e. The average Bonchev–Trinajstić information content (AvgIpc) is 2.41. The van der Waals surface area contributed by atoms with Crippen LogP contribution in [0.1, 0.15) is 24.0 Å². The van der Waals surface area contributed by atoms with Crippen molar-refractivity contribution in [3.63, 3.8) is 0 Å². The van der Waals surface area contributed by atoms with Crippen molar-refractivity contribution in [2.75, 3.05) is 6.54 Å². The summed E-state index contributed by atoms with van der Waals surface area (Å²) in [5.74, 6) is -2.03. The highest BCUT2D eigenvalue weighted by atomic mass is 19.4. The quantitative estimate of drug-likeness (QED) is 0.556. The molecule has 3 N–H and O–H groups in total. The minimum Gasteiger partial charge on any atom is -0.481 e. The number of carbonyl (C=O) groups excluding carboxylic acids is 1. The van der Waals surface area contributed by atoms with Crippen molar-refractivity contribution in [3.05, 3.63) is 35.1 Å². The molecule has 9 heteroatoms. The van der Waals surface area contributed by atoms with E-state index in [0.29, 0.717) is 6.07 Å². The van der Waals surface area contributed by atoms with Gasteiger partial charge >= 0.3 is 18.2 Å². The molecule has 0 spiro atoms. The second-order valence-electron chi connectivity index (χ2n) is 4.41. The van der Waals surface area contributed by atoms with Crippen LogP contribution in [0.4, 0.5) is 22.4 Å². The largest absolute Gasteiger partial charge is 0.481 e. The maximum absolute atomic E-state index is 12.9. The van der Waals surface area contributed by atoms with Gasteiger partial charge in [-0.25, -0.2) is 9.18 Å². The summed E-state index contributed by atoms with van der Waals surface area (Å²) in [6.45, 7) is -0.354. The Labute approximate surface area is 123 Å². The number of aliphatic carboxylic acids is 1. The molecule has 1 aromatic rings. The van der Waals surface area contributed by atoms with Crippen LogP contribution in [-0.4, -0.2) is 23.7 Å². The van der Waals surface area contributed by atoms with E-state index in [1.165, 1.54) is 0 Å². The van der Waals surface area contributed by atoms with Crippen LogP contribution in [0.2, 0.25) is 0 Å². The Morgan fingerprint density at radius 3 is 2.45 bits per heavy atom. The standard InChI is InChI=1S/C13H14F4N2O3/c14-9-4-3-8(10(6-9)13(15,16)17)7-19-12(22)18-5-1-2-11(20)21/h3-4,6H,1-2,5,7H2,(H,20,21)(H2,18,19,22). The Balaban J connectivity index is 2.54. The first-order valence-electron chi connectivity index (χ1n) is 6.29. The first-order chi connectivity index (χ1) is 10.2. The summed E-state index contributed by atoms with van der Waals surface area (Å²) in [4.78, 5) is 21.6. The van der Waals surface area contributed by atoms with Crippen LogP contribution in [0.25, 0.3) is 0 Å². The third-order valence-corrected chi connectivity index (χ3v) is 2.67. The summed E-state index contributed by atoms with van der Waals surface area (Å²) in [7, 11) is 0. The monoisotopic (exact) mass is 322 g/mol. The Bertz CT molecular complexity index is 547. The highest BCUT2D eigenvalue weighted by Gasteiger charge is 2.33. The number of nitrogens with one attached hydrogen (secondary N) is 2. The highest BCUT2D eigenvalue weighted by Crippen LogP contribution is 2.32. The summed E-state index contributed by atoms with van der Waals surface area (Å²) in [5.41, 5.74) is -1.42. The molecular formula is C13H14F4N2O3. The van der Waals surface area contributed by atoms with Gasteiger partial charge in [0.05, 0.1) is 5.56 Å². The van der Waals surface area contributed by atoms with Crippen LogP contribution in [0, 0.1) is 5.82 Å². The van der Waals surface area contributed by atoms with Crippen LogP contribution < -0.4 is 10.6 Å². The first kappa shape index (κ1) is 17.7. The molecular weight excluding hydrogens is 308 g/mol. The molecule has 0 saturated carbocycles. The normalized spacial score (nSPS) is 11.1. The molecule has 0 fully saturated rings. The van der Waals surface area contributed by atoms with E-state index in [-0.39, 0.29) is 24.9 Å². The van der Waals surface area contributed by atoms with Gasteiger partial charge in [-0.15, -0.1) is 0 Å². The molecule has 0 bridgehead atoms. The molecule has 0 atom stereocenters. The Morgan fingerprint density at radius 1 is 1.18 bits per heavy atom. The van der Waals surface area contributed by atoms with Crippen molar-refractivity contribution in [1.82, 2.24) is 10.6 Å². The SMILES string of the molecule is O=C(O)CCCNC(=O)NCc1ccc(F)cc1C(F)(F)F. The number of benzene rings is 1. The Kier molecular flexibility index (Phi) is 6.14. The van der Waals surface area contributed by atoms with Gasteiger partial charge in [-0.05, 0) is 24.1 Å². The third kappa shape index (κ3) is 5.98. The van der Waals surface area contributed by atoms with Crippen LogP contribution in [0.3, 0.4) is 0 Å². The fourth-order valence-corrected chi connectivity index (χ4v) is 1.65. The number of halogens is 4. The highest BCUT2D eigenvalue weighted by molar-refractivity contribution is 5.74. The second kappa shape index (κ2) is 7.62. The van der Waals surface area contributed by atoms with Gasteiger partial charge < -0.3 is 15.7 Å². The van der Waals surface area contributed by atoms with Crippen molar-refractivity contribution in [2.45, 2.75) is 25.6 Å². The van der Waals surface area contributed by atoms with Crippen molar-refractivity contribution in [2.24, 2.45) is 0 Å².